The predicted octanol–water partition coefficient (Wildman–Crippen LogP) is 3.00. The lowest BCUT2D eigenvalue weighted by molar-refractivity contribution is -0.153. The molecule has 1 aliphatic carbocycles. The first-order valence-electron chi connectivity index (χ1n) is 6.35. The molecule has 2 heterocycles. The Morgan fingerprint density at radius 1 is 1.41 bits per heavy atom. The highest BCUT2D eigenvalue weighted by Gasteiger charge is 2.58. The zero-order chi connectivity index (χ0) is 16.1. The number of hydrogen-bond acceptors (Lipinski definition) is 4. The highest BCUT2D eigenvalue weighted by atomic mass is 35.5. The molecular formula is C13H10ClF3N4O. The maximum atomic E-state index is 12.5. The van der Waals surface area contributed by atoms with Gasteiger partial charge in [0.15, 0.2) is 0 Å². The van der Waals surface area contributed by atoms with Gasteiger partial charge in [-0.2, -0.15) is 13.2 Å². The maximum absolute atomic E-state index is 12.5. The van der Waals surface area contributed by atoms with E-state index in [4.69, 9.17) is 17.3 Å². The molecule has 0 saturated heterocycles. The number of carbonyl (C=O) groups excluding carboxylic acids is 1. The maximum Gasteiger partial charge on any atom is 0.392 e. The van der Waals surface area contributed by atoms with E-state index in [9.17, 15) is 18.0 Å². The number of aromatic nitrogens is 2. The molecule has 0 aliphatic heterocycles. The van der Waals surface area contributed by atoms with Gasteiger partial charge in [-0.15, -0.1) is 0 Å². The Morgan fingerprint density at radius 2 is 2.14 bits per heavy atom. The first-order valence-corrected chi connectivity index (χ1v) is 6.73. The van der Waals surface area contributed by atoms with Crippen LogP contribution in [-0.4, -0.2) is 22.1 Å². The van der Waals surface area contributed by atoms with Crippen molar-refractivity contribution < 1.29 is 18.0 Å². The normalized spacial score (nSPS) is 20.9. The fourth-order valence-corrected chi connectivity index (χ4v) is 2.48. The van der Waals surface area contributed by atoms with Crippen molar-refractivity contribution >= 4 is 39.9 Å². The number of carbonyl (C=O) groups is 1. The molecule has 1 fully saturated rings. The van der Waals surface area contributed by atoms with Crippen LogP contribution in [0.15, 0.2) is 18.3 Å². The van der Waals surface area contributed by atoms with Crippen molar-refractivity contribution in [3.63, 3.8) is 0 Å². The lowest BCUT2D eigenvalue weighted by Crippen LogP contribution is -2.20. The van der Waals surface area contributed by atoms with Gasteiger partial charge in [0.2, 0.25) is 5.91 Å². The lowest BCUT2D eigenvalue weighted by Gasteiger charge is -2.08. The van der Waals surface area contributed by atoms with E-state index < -0.39 is 23.9 Å². The Balaban J connectivity index is 1.79. The minimum Gasteiger partial charge on any atom is -0.383 e. The largest absolute Gasteiger partial charge is 0.392 e. The molecule has 3 N–H and O–H groups in total. The summed E-state index contributed by atoms with van der Waals surface area (Å²) in [5.41, 5.74) is 5.68. The first kappa shape index (κ1) is 14.8. The van der Waals surface area contributed by atoms with Crippen molar-refractivity contribution in [3.05, 3.63) is 23.5 Å². The smallest absolute Gasteiger partial charge is 0.383 e. The summed E-state index contributed by atoms with van der Waals surface area (Å²) in [6.07, 6.45) is -3.14. The minimum atomic E-state index is -4.34. The van der Waals surface area contributed by atoms with Gasteiger partial charge in [-0.25, -0.2) is 9.97 Å². The third-order valence-corrected chi connectivity index (χ3v) is 3.71. The van der Waals surface area contributed by atoms with Gasteiger partial charge in [-0.05, 0) is 23.9 Å². The average molecular weight is 331 g/mol. The quantitative estimate of drug-likeness (QED) is 0.829. The Kier molecular flexibility index (Phi) is 3.36. The van der Waals surface area contributed by atoms with Gasteiger partial charge in [-0.3, -0.25) is 4.79 Å². The van der Waals surface area contributed by atoms with E-state index in [0.717, 1.165) is 0 Å². The Bertz CT molecular complexity index is 765. The summed E-state index contributed by atoms with van der Waals surface area (Å²) in [4.78, 5) is 19.6. The molecule has 9 heteroatoms. The standard InChI is InChI=1S/C13H10ClF3N4O/c14-9-1-5-2-10(19-4-7(5)11(18)20-9)21-12(22)6-3-8(6)13(15,16)17/h1-2,4,6,8H,3H2,(H2,18,20)(H,19,21,22)/t6-,8-/m0/s1. The number of pyridine rings is 2. The summed E-state index contributed by atoms with van der Waals surface area (Å²) in [6.45, 7) is 0. The molecule has 2 aromatic heterocycles. The average Bonchev–Trinajstić information content (AvgIpc) is 3.17. The second-order valence-electron chi connectivity index (χ2n) is 5.10. The van der Waals surface area contributed by atoms with E-state index in [1.54, 1.807) is 0 Å². The van der Waals surface area contributed by atoms with Crippen LogP contribution in [0.3, 0.4) is 0 Å². The van der Waals surface area contributed by atoms with Crippen LogP contribution in [0.2, 0.25) is 5.15 Å². The second-order valence-corrected chi connectivity index (χ2v) is 5.49. The van der Waals surface area contributed by atoms with Crippen LogP contribution >= 0.6 is 11.6 Å². The highest BCUT2D eigenvalue weighted by molar-refractivity contribution is 6.30. The molecule has 22 heavy (non-hydrogen) atoms. The predicted molar refractivity (Wildman–Crippen MR) is 75.2 cm³/mol. The fraction of sp³-hybridized carbons (Fsp3) is 0.308. The van der Waals surface area contributed by atoms with E-state index in [0.29, 0.717) is 10.8 Å². The van der Waals surface area contributed by atoms with Gasteiger partial charge in [0, 0.05) is 11.6 Å². The van der Waals surface area contributed by atoms with E-state index >= 15 is 0 Å². The molecule has 2 atom stereocenters. The number of rotatable bonds is 2. The van der Waals surface area contributed by atoms with Crippen molar-refractivity contribution in [3.8, 4) is 0 Å². The molecule has 3 rings (SSSR count). The van der Waals surface area contributed by atoms with Crippen molar-refractivity contribution in [2.45, 2.75) is 12.6 Å². The molecule has 1 saturated carbocycles. The molecule has 2 aromatic rings. The summed E-state index contributed by atoms with van der Waals surface area (Å²) in [5, 5.41) is 3.69. The molecular weight excluding hydrogens is 321 g/mol. The Hall–Kier alpha value is -2.09. The van der Waals surface area contributed by atoms with E-state index in [1.807, 2.05) is 0 Å². The van der Waals surface area contributed by atoms with Crippen LogP contribution in [0.4, 0.5) is 24.8 Å². The summed E-state index contributed by atoms with van der Waals surface area (Å²) in [5.74, 6) is -2.98. The Labute approximate surface area is 127 Å². The fourth-order valence-electron chi connectivity index (χ4n) is 2.27. The third kappa shape index (κ3) is 2.78. The van der Waals surface area contributed by atoms with E-state index in [1.165, 1.54) is 18.3 Å². The Morgan fingerprint density at radius 3 is 2.77 bits per heavy atom. The SMILES string of the molecule is Nc1nc(Cl)cc2cc(NC(=O)[C@H]3C[C@@H]3C(F)(F)F)ncc12. The number of amides is 1. The molecule has 5 nitrogen and oxygen atoms in total. The molecule has 1 aliphatic rings. The second kappa shape index (κ2) is 4.98. The number of fused-ring (bicyclic) bond motifs is 1. The van der Waals surface area contributed by atoms with Gasteiger partial charge in [0.25, 0.3) is 0 Å². The third-order valence-electron chi connectivity index (χ3n) is 3.51. The zero-order valence-electron chi connectivity index (χ0n) is 11.0. The summed E-state index contributed by atoms with van der Waals surface area (Å²) >= 11 is 5.79. The number of alkyl halides is 3. The van der Waals surface area contributed by atoms with Crippen LogP contribution in [0.25, 0.3) is 10.8 Å². The van der Waals surface area contributed by atoms with Crippen LogP contribution in [0.1, 0.15) is 6.42 Å². The highest BCUT2D eigenvalue weighted by Crippen LogP contribution is 2.50. The molecule has 0 aromatic carbocycles. The van der Waals surface area contributed by atoms with Gasteiger partial charge in [0.05, 0.1) is 11.8 Å². The van der Waals surface area contributed by atoms with Gasteiger partial charge >= 0.3 is 6.18 Å². The lowest BCUT2D eigenvalue weighted by atomic mass is 10.2. The molecule has 0 spiro atoms. The molecule has 0 bridgehead atoms. The van der Waals surface area contributed by atoms with Gasteiger partial charge < -0.3 is 11.1 Å². The molecule has 116 valence electrons. The van der Waals surface area contributed by atoms with Crippen molar-refractivity contribution in [1.82, 2.24) is 9.97 Å². The zero-order valence-corrected chi connectivity index (χ0v) is 11.7. The number of hydrogen-bond donors (Lipinski definition) is 2. The van der Waals surface area contributed by atoms with Crippen LogP contribution in [-0.2, 0) is 4.79 Å². The first-order chi connectivity index (χ1) is 10.3. The number of nitrogens with two attached hydrogens (primary N) is 1. The van der Waals surface area contributed by atoms with Gasteiger partial charge in [-0.1, -0.05) is 11.6 Å². The van der Waals surface area contributed by atoms with Crippen LogP contribution in [0, 0.1) is 11.8 Å². The summed E-state index contributed by atoms with van der Waals surface area (Å²) in [7, 11) is 0. The molecule has 0 radical (unpaired) electrons. The molecule has 1 amide bonds. The van der Waals surface area contributed by atoms with E-state index in [2.05, 4.69) is 15.3 Å². The number of halogens is 4. The summed E-state index contributed by atoms with van der Waals surface area (Å²) < 4.78 is 37.4. The minimum absolute atomic E-state index is 0.145. The van der Waals surface area contributed by atoms with Crippen LogP contribution < -0.4 is 11.1 Å². The van der Waals surface area contributed by atoms with Gasteiger partial charge in [0.1, 0.15) is 16.8 Å². The number of nitrogens with zero attached hydrogens (tertiary/aromatic N) is 2. The summed E-state index contributed by atoms with van der Waals surface area (Å²) in [6, 6.07) is 3.02. The topological polar surface area (TPSA) is 80.9 Å². The molecule has 0 unspecified atom stereocenters. The van der Waals surface area contributed by atoms with Crippen molar-refractivity contribution in [2.75, 3.05) is 11.1 Å². The number of nitrogens with one attached hydrogen (secondary N) is 1. The number of nitrogen functional groups attached to an aromatic ring is 1. The van der Waals surface area contributed by atoms with Crippen LogP contribution in [0.5, 0.6) is 0 Å². The van der Waals surface area contributed by atoms with Crippen molar-refractivity contribution in [1.29, 1.82) is 0 Å². The monoisotopic (exact) mass is 330 g/mol. The number of anilines is 2. The van der Waals surface area contributed by atoms with E-state index in [-0.39, 0.29) is 23.2 Å². The van der Waals surface area contributed by atoms with Crippen molar-refractivity contribution in [2.24, 2.45) is 11.8 Å².